The molecule has 5 aromatic heterocycles. The summed E-state index contributed by atoms with van der Waals surface area (Å²) < 4.78 is 9.52. The molecule has 0 fully saturated rings. The van der Waals surface area contributed by atoms with Gasteiger partial charge in [-0.1, -0.05) is 140 Å². The maximum atomic E-state index is 5.52. The molecule has 0 N–H and O–H groups in total. The first kappa shape index (κ1) is 35.5. The van der Waals surface area contributed by atoms with E-state index in [1.165, 1.54) is 43.6 Å². The van der Waals surface area contributed by atoms with E-state index in [0.717, 1.165) is 88.6 Å². The first-order valence-electron chi connectivity index (χ1n) is 22.5. The fraction of sp³-hybridized carbons (Fsp3) is 0. The maximum Gasteiger partial charge on any atom is 0.221 e. The Hall–Kier alpha value is -9.00. The van der Waals surface area contributed by atoms with Crippen molar-refractivity contribution < 1.29 is 0 Å². The van der Waals surface area contributed by atoms with Gasteiger partial charge in [0.25, 0.3) is 0 Å². The molecular formula is C60H36N6. The molecule has 0 saturated heterocycles. The third-order valence-electron chi connectivity index (χ3n) is 13.9. The van der Waals surface area contributed by atoms with Crippen LogP contribution in [0.15, 0.2) is 218 Å². The zero-order valence-corrected chi connectivity index (χ0v) is 35.5. The molecule has 0 unspecified atom stereocenters. The van der Waals surface area contributed by atoms with E-state index in [-0.39, 0.29) is 0 Å². The molecule has 15 rings (SSSR count). The van der Waals surface area contributed by atoms with Crippen LogP contribution in [0.25, 0.3) is 132 Å². The molecule has 0 spiro atoms. The standard InChI is InChI=1S/C60H36N6/c1-2-23-46-40(17-1)48(36-49-45-22-8-15-31-56(45)65(58(46)49)60-62-50-25-9-3-24-47(50)59-61-51-26-10-16-32-57(51)66(59)60)37-33-38(63-52-27-11-4-18-41(52)42-19-5-12-28-53(42)63)35-39(34-37)64-54-29-13-6-20-43(54)44-21-7-14-30-55(44)64/h1-36H. The largest absolute Gasteiger partial charge is 0.309 e. The lowest BCUT2D eigenvalue weighted by Gasteiger charge is -2.18. The van der Waals surface area contributed by atoms with Crippen LogP contribution in [0.5, 0.6) is 0 Å². The van der Waals surface area contributed by atoms with Gasteiger partial charge in [-0.3, -0.25) is 8.97 Å². The van der Waals surface area contributed by atoms with Crippen molar-refractivity contribution in [2.24, 2.45) is 0 Å². The Morgan fingerprint density at radius 1 is 0.288 bits per heavy atom. The second-order valence-electron chi connectivity index (χ2n) is 17.4. The van der Waals surface area contributed by atoms with E-state index in [2.05, 4.69) is 236 Å². The molecule has 0 atom stereocenters. The Morgan fingerprint density at radius 2 is 0.697 bits per heavy atom. The Balaban J connectivity index is 1.09. The number of para-hydroxylation sites is 8. The van der Waals surface area contributed by atoms with E-state index in [1.807, 2.05) is 0 Å². The zero-order chi connectivity index (χ0) is 43.0. The van der Waals surface area contributed by atoms with Crippen LogP contribution < -0.4 is 0 Å². The van der Waals surface area contributed by atoms with E-state index in [0.29, 0.717) is 0 Å². The van der Waals surface area contributed by atoms with Crippen molar-refractivity contribution in [1.29, 1.82) is 0 Å². The number of rotatable bonds is 4. The van der Waals surface area contributed by atoms with Gasteiger partial charge in [-0.25, -0.2) is 9.97 Å². The number of hydrogen-bond acceptors (Lipinski definition) is 2. The molecule has 306 valence electrons. The maximum absolute atomic E-state index is 5.52. The summed E-state index contributed by atoms with van der Waals surface area (Å²) >= 11 is 0. The normalized spacial score (nSPS) is 12.2. The monoisotopic (exact) mass is 840 g/mol. The summed E-state index contributed by atoms with van der Waals surface area (Å²) in [5.74, 6) is 0.809. The van der Waals surface area contributed by atoms with Crippen LogP contribution in [0.1, 0.15) is 0 Å². The van der Waals surface area contributed by atoms with Gasteiger partial charge in [0.1, 0.15) is 5.65 Å². The van der Waals surface area contributed by atoms with Crippen LogP contribution in [-0.2, 0) is 0 Å². The molecule has 0 aliphatic heterocycles. The molecule has 10 aromatic carbocycles. The molecule has 6 nitrogen and oxygen atoms in total. The fourth-order valence-corrected chi connectivity index (χ4v) is 11.2. The summed E-state index contributed by atoms with van der Waals surface area (Å²) in [6.45, 7) is 0. The number of aromatic nitrogens is 6. The van der Waals surface area contributed by atoms with E-state index in [1.54, 1.807) is 0 Å². The first-order valence-corrected chi connectivity index (χ1v) is 22.5. The summed E-state index contributed by atoms with van der Waals surface area (Å²) in [5.41, 5.74) is 15.1. The van der Waals surface area contributed by atoms with Crippen molar-refractivity contribution in [3.05, 3.63) is 218 Å². The minimum atomic E-state index is 0.809. The molecule has 0 radical (unpaired) electrons. The summed E-state index contributed by atoms with van der Waals surface area (Å²) in [5, 5.41) is 10.6. The predicted octanol–water partition coefficient (Wildman–Crippen LogP) is 15.1. The average molecular weight is 841 g/mol. The number of fused-ring (bicyclic) bond motifs is 16. The number of benzene rings is 10. The molecular weight excluding hydrogens is 805 g/mol. The Labute approximate surface area is 377 Å². The van der Waals surface area contributed by atoms with Gasteiger partial charge in [0.2, 0.25) is 5.95 Å². The van der Waals surface area contributed by atoms with Crippen LogP contribution in [0, 0.1) is 0 Å². The smallest absolute Gasteiger partial charge is 0.221 e. The van der Waals surface area contributed by atoms with Crippen molar-refractivity contribution >= 4 is 104 Å². The van der Waals surface area contributed by atoms with E-state index >= 15 is 0 Å². The highest BCUT2D eigenvalue weighted by molar-refractivity contribution is 6.22. The summed E-state index contributed by atoms with van der Waals surface area (Å²) in [6, 6.07) is 79.2. The highest BCUT2D eigenvalue weighted by atomic mass is 15.2. The van der Waals surface area contributed by atoms with Crippen LogP contribution in [0.2, 0.25) is 0 Å². The summed E-state index contributed by atoms with van der Waals surface area (Å²) in [7, 11) is 0. The van der Waals surface area contributed by atoms with Gasteiger partial charge >= 0.3 is 0 Å². The second-order valence-corrected chi connectivity index (χ2v) is 17.4. The van der Waals surface area contributed by atoms with Gasteiger partial charge in [0.15, 0.2) is 0 Å². The van der Waals surface area contributed by atoms with Gasteiger partial charge in [-0.2, -0.15) is 0 Å². The first-order chi connectivity index (χ1) is 32.8. The van der Waals surface area contributed by atoms with E-state index < -0.39 is 0 Å². The molecule has 0 amide bonds. The van der Waals surface area contributed by atoms with Crippen molar-refractivity contribution in [2.45, 2.75) is 0 Å². The van der Waals surface area contributed by atoms with Crippen molar-refractivity contribution in [3.63, 3.8) is 0 Å². The third kappa shape index (κ3) is 4.79. The fourth-order valence-electron chi connectivity index (χ4n) is 11.2. The second kappa shape index (κ2) is 13.3. The van der Waals surface area contributed by atoms with Crippen LogP contribution in [0.3, 0.4) is 0 Å². The van der Waals surface area contributed by atoms with Gasteiger partial charge in [0, 0.05) is 54.5 Å². The summed E-state index contributed by atoms with van der Waals surface area (Å²) in [6.07, 6.45) is 0. The molecule has 15 aromatic rings. The summed E-state index contributed by atoms with van der Waals surface area (Å²) in [4.78, 5) is 10.7. The molecule has 0 aliphatic rings. The lowest BCUT2D eigenvalue weighted by atomic mass is 9.94. The topological polar surface area (TPSA) is 45.0 Å². The molecule has 0 saturated carbocycles. The Bertz CT molecular complexity index is 4300. The molecule has 0 aliphatic carbocycles. The van der Waals surface area contributed by atoms with Gasteiger partial charge < -0.3 is 9.13 Å². The molecule has 0 bridgehead atoms. The zero-order valence-electron chi connectivity index (χ0n) is 35.5. The minimum Gasteiger partial charge on any atom is -0.309 e. The van der Waals surface area contributed by atoms with Gasteiger partial charge in [-0.15, -0.1) is 0 Å². The number of hydrogen-bond donors (Lipinski definition) is 0. The lowest BCUT2D eigenvalue weighted by Crippen LogP contribution is -2.06. The van der Waals surface area contributed by atoms with Crippen LogP contribution in [0.4, 0.5) is 0 Å². The predicted molar refractivity (Wildman–Crippen MR) is 274 cm³/mol. The quantitative estimate of drug-likeness (QED) is 0.177. The number of imidazole rings is 1. The number of nitrogens with zero attached hydrogens (tertiary/aromatic N) is 6. The van der Waals surface area contributed by atoms with Crippen LogP contribution >= 0.6 is 0 Å². The SMILES string of the molecule is c1ccc2c(c1)nc(-n1c3ccccc3c3cc(-c4cc(-n5c6ccccc6c6ccccc65)cc(-n5c6ccccc6c6ccccc65)c4)c4ccccc4c31)n1c3ccccc3nc21. The van der Waals surface area contributed by atoms with Crippen molar-refractivity contribution in [3.8, 4) is 28.5 Å². The Morgan fingerprint density at radius 3 is 1.24 bits per heavy atom. The van der Waals surface area contributed by atoms with Gasteiger partial charge in [-0.05, 0) is 95.4 Å². The van der Waals surface area contributed by atoms with E-state index in [4.69, 9.17) is 9.97 Å². The average Bonchev–Trinajstić information content (AvgIpc) is 4.13. The minimum absolute atomic E-state index is 0.809. The molecule has 5 heterocycles. The molecule has 6 heteroatoms. The van der Waals surface area contributed by atoms with Crippen molar-refractivity contribution in [1.82, 2.24) is 28.1 Å². The lowest BCUT2D eigenvalue weighted by molar-refractivity contribution is 0.982. The third-order valence-corrected chi connectivity index (χ3v) is 13.9. The highest BCUT2D eigenvalue weighted by Crippen LogP contribution is 2.44. The van der Waals surface area contributed by atoms with E-state index in [9.17, 15) is 0 Å². The molecule has 66 heavy (non-hydrogen) atoms. The Kier molecular flexibility index (Phi) is 7.13. The van der Waals surface area contributed by atoms with Crippen molar-refractivity contribution in [2.75, 3.05) is 0 Å². The highest BCUT2D eigenvalue weighted by Gasteiger charge is 2.24. The van der Waals surface area contributed by atoms with Gasteiger partial charge in [0.05, 0.1) is 49.7 Å². The van der Waals surface area contributed by atoms with Crippen LogP contribution in [-0.4, -0.2) is 28.1 Å².